The van der Waals surface area contributed by atoms with Crippen molar-refractivity contribution in [1.82, 2.24) is 14.6 Å². The molecule has 0 aliphatic heterocycles. The second kappa shape index (κ2) is 7.51. The van der Waals surface area contributed by atoms with Gasteiger partial charge in [0.15, 0.2) is 15.5 Å². The fraction of sp³-hybridized carbons (Fsp3) is 0.100. The number of nitrogens with zero attached hydrogens (tertiary/aromatic N) is 3. The van der Waals surface area contributed by atoms with Crippen molar-refractivity contribution in [3.63, 3.8) is 0 Å². The number of hydrogen-bond acceptors (Lipinski definition) is 6. The molecule has 0 atom stereocenters. The number of benzene rings is 2. The third-order valence-electron chi connectivity index (χ3n) is 4.25. The number of aromatic nitrogens is 3. The molecule has 0 aliphatic carbocycles. The zero-order valence-corrected chi connectivity index (χ0v) is 16.2. The van der Waals surface area contributed by atoms with Crippen LogP contribution in [0.15, 0.2) is 71.6 Å². The highest BCUT2D eigenvalue weighted by molar-refractivity contribution is 7.90. The molecular weight excluding hydrogens is 395 g/mol. The van der Waals surface area contributed by atoms with Gasteiger partial charge in [0.1, 0.15) is 5.75 Å². The van der Waals surface area contributed by atoms with E-state index < -0.39 is 16.7 Å². The average molecular weight is 412 g/mol. The fourth-order valence-corrected chi connectivity index (χ4v) is 3.56. The van der Waals surface area contributed by atoms with Crippen LogP contribution in [0.3, 0.4) is 0 Å². The van der Waals surface area contributed by atoms with E-state index in [1.54, 1.807) is 53.0 Å². The van der Waals surface area contributed by atoms with Crippen LogP contribution in [0.1, 0.15) is 0 Å². The summed E-state index contributed by atoms with van der Waals surface area (Å²) in [5.74, 6) is 0.796. The van der Waals surface area contributed by atoms with Gasteiger partial charge in [-0.2, -0.15) is 4.98 Å². The van der Waals surface area contributed by atoms with E-state index in [0.717, 1.165) is 0 Å². The fourth-order valence-electron chi connectivity index (χ4n) is 2.89. The summed E-state index contributed by atoms with van der Waals surface area (Å²) in [4.78, 5) is 4.69. The maximum Gasteiger partial charge on any atom is 0.247 e. The predicted molar refractivity (Wildman–Crippen MR) is 108 cm³/mol. The SMILES string of the molecule is CS(=O)(=O)c1cccc(-c2cccc3nc(Nc4ccc(OCF)cc4)nn23)c1. The molecule has 0 unspecified atom stereocenters. The molecule has 2 aromatic heterocycles. The van der Waals surface area contributed by atoms with Crippen LogP contribution in [0.4, 0.5) is 16.0 Å². The summed E-state index contributed by atoms with van der Waals surface area (Å²) < 4.78 is 42.4. The molecule has 0 spiro atoms. The maximum absolute atomic E-state index is 12.2. The lowest BCUT2D eigenvalue weighted by Crippen LogP contribution is -1.99. The van der Waals surface area contributed by atoms with Crippen molar-refractivity contribution in [1.29, 1.82) is 0 Å². The monoisotopic (exact) mass is 412 g/mol. The summed E-state index contributed by atoms with van der Waals surface area (Å²) in [6.07, 6.45) is 1.17. The zero-order chi connectivity index (χ0) is 20.4. The van der Waals surface area contributed by atoms with Crippen molar-refractivity contribution >= 4 is 27.1 Å². The minimum Gasteiger partial charge on any atom is -0.463 e. The highest BCUT2D eigenvalue weighted by Crippen LogP contribution is 2.25. The number of halogens is 1. The quantitative estimate of drug-likeness (QED) is 0.518. The molecule has 0 saturated heterocycles. The molecule has 9 heteroatoms. The molecule has 0 radical (unpaired) electrons. The molecule has 2 aromatic carbocycles. The summed E-state index contributed by atoms with van der Waals surface area (Å²) in [7, 11) is -3.32. The Kier molecular flexibility index (Phi) is 4.89. The molecule has 0 aliphatic rings. The lowest BCUT2D eigenvalue weighted by molar-refractivity contribution is 0.192. The van der Waals surface area contributed by atoms with E-state index in [-0.39, 0.29) is 4.90 Å². The van der Waals surface area contributed by atoms with Crippen LogP contribution in [0, 0.1) is 0 Å². The number of anilines is 2. The van der Waals surface area contributed by atoms with Crippen LogP contribution >= 0.6 is 0 Å². The van der Waals surface area contributed by atoms with E-state index in [2.05, 4.69) is 15.4 Å². The van der Waals surface area contributed by atoms with Gasteiger partial charge in [-0.3, -0.25) is 0 Å². The van der Waals surface area contributed by atoms with Crippen LogP contribution in [-0.4, -0.2) is 36.1 Å². The first-order chi connectivity index (χ1) is 13.9. The van der Waals surface area contributed by atoms with Crippen molar-refractivity contribution < 1.29 is 17.5 Å². The normalized spacial score (nSPS) is 11.5. The third kappa shape index (κ3) is 4.04. The largest absolute Gasteiger partial charge is 0.463 e. The van der Waals surface area contributed by atoms with E-state index in [1.807, 2.05) is 18.2 Å². The minimum absolute atomic E-state index is 0.237. The molecule has 0 amide bonds. The second-order valence-corrected chi connectivity index (χ2v) is 8.33. The Balaban J connectivity index is 1.69. The number of alkyl halides is 1. The zero-order valence-electron chi connectivity index (χ0n) is 15.4. The van der Waals surface area contributed by atoms with E-state index in [9.17, 15) is 12.8 Å². The molecular formula is C20H17FN4O3S. The Labute approximate surface area is 166 Å². The maximum atomic E-state index is 12.2. The summed E-state index contributed by atoms with van der Waals surface area (Å²) in [5.41, 5.74) is 2.74. The van der Waals surface area contributed by atoms with Crippen LogP contribution in [0.25, 0.3) is 16.9 Å². The Hall–Kier alpha value is -3.46. The van der Waals surface area contributed by atoms with Crippen molar-refractivity contribution in [3.8, 4) is 17.0 Å². The van der Waals surface area contributed by atoms with Gasteiger partial charge in [-0.15, -0.1) is 5.10 Å². The van der Waals surface area contributed by atoms with Gasteiger partial charge in [-0.1, -0.05) is 18.2 Å². The number of fused-ring (bicyclic) bond motifs is 1. The van der Waals surface area contributed by atoms with E-state index >= 15 is 0 Å². The Morgan fingerprint density at radius 3 is 2.55 bits per heavy atom. The number of nitrogens with one attached hydrogen (secondary N) is 1. The molecule has 0 saturated carbocycles. The molecule has 4 aromatic rings. The van der Waals surface area contributed by atoms with Crippen LogP contribution in [-0.2, 0) is 9.84 Å². The molecule has 29 heavy (non-hydrogen) atoms. The highest BCUT2D eigenvalue weighted by atomic mass is 32.2. The van der Waals surface area contributed by atoms with Gasteiger partial charge in [0, 0.05) is 17.5 Å². The number of ether oxygens (including phenoxy) is 1. The Bertz CT molecular complexity index is 1270. The second-order valence-electron chi connectivity index (χ2n) is 6.32. The van der Waals surface area contributed by atoms with Gasteiger partial charge in [-0.25, -0.2) is 17.3 Å². The first-order valence-electron chi connectivity index (χ1n) is 8.66. The lowest BCUT2D eigenvalue weighted by Gasteiger charge is -2.06. The minimum atomic E-state index is -3.32. The Morgan fingerprint density at radius 1 is 1.07 bits per heavy atom. The van der Waals surface area contributed by atoms with Crippen LogP contribution < -0.4 is 10.1 Å². The first-order valence-corrected chi connectivity index (χ1v) is 10.6. The van der Waals surface area contributed by atoms with E-state index in [1.165, 1.54) is 6.26 Å². The summed E-state index contributed by atoms with van der Waals surface area (Å²) in [5, 5.41) is 7.58. The van der Waals surface area contributed by atoms with Crippen molar-refractivity contribution in [2.45, 2.75) is 4.90 Å². The highest BCUT2D eigenvalue weighted by Gasteiger charge is 2.12. The predicted octanol–water partition coefficient (Wildman–Crippen LogP) is 3.85. The van der Waals surface area contributed by atoms with Gasteiger partial charge in [0.25, 0.3) is 0 Å². The topological polar surface area (TPSA) is 85.6 Å². The van der Waals surface area contributed by atoms with E-state index in [4.69, 9.17) is 4.74 Å². The van der Waals surface area contributed by atoms with Gasteiger partial charge >= 0.3 is 0 Å². The lowest BCUT2D eigenvalue weighted by atomic mass is 10.1. The molecule has 7 nitrogen and oxygen atoms in total. The number of sulfone groups is 1. The van der Waals surface area contributed by atoms with Crippen molar-refractivity contribution in [2.24, 2.45) is 0 Å². The average Bonchev–Trinajstić information content (AvgIpc) is 3.11. The van der Waals surface area contributed by atoms with Crippen LogP contribution in [0.2, 0.25) is 0 Å². The van der Waals surface area contributed by atoms with Gasteiger partial charge in [0.05, 0.1) is 10.6 Å². The van der Waals surface area contributed by atoms with Gasteiger partial charge in [-0.05, 0) is 48.5 Å². The van der Waals surface area contributed by atoms with Crippen LogP contribution in [0.5, 0.6) is 5.75 Å². The number of rotatable bonds is 6. The summed E-state index contributed by atoms with van der Waals surface area (Å²) in [6.45, 7) is -0.885. The summed E-state index contributed by atoms with van der Waals surface area (Å²) in [6, 6.07) is 18.9. The third-order valence-corrected chi connectivity index (χ3v) is 5.36. The van der Waals surface area contributed by atoms with Crippen molar-refractivity contribution in [2.75, 3.05) is 18.4 Å². The first kappa shape index (κ1) is 18.9. The summed E-state index contributed by atoms with van der Waals surface area (Å²) >= 11 is 0. The van der Waals surface area contributed by atoms with E-state index in [0.29, 0.717) is 34.3 Å². The standard InChI is InChI=1S/C20H17FN4O3S/c1-29(26,27)17-5-2-4-14(12-17)18-6-3-7-19-23-20(24-25(18)19)22-15-8-10-16(11-9-15)28-13-21/h2-12H,13H2,1H3,(H,22,24). The molecule has 0 bridgehead atoms. The number of hydrogen-bond donors (Lipinski definition) is 1. The smallest absolute Gasteiger partial charge is 0.247 e. The molecule has 0 fully saturated rings. The molecule has 1 N–H and O–H groups in total. The molecule has 4 rings (SSSR count). The molecule has 148 valence electrons. The molecule has 2 heterocycles. The van der Waals surface area contributed by atoms with Crippen molar-refractivity contribution in [3.05, 3.63) is 66.7 Å². The number of pyridine rings is 1. The van der Waals surface area contributed by atoms with Gasteiger partial charge in [0.2, 0.25) is 12.8 Å². The van der Waals surface area contributed by atoms with Gasteiger partial charge < -0.3 is 10.1 Å². The Morgan fingerprint density at radius 2 is 1.83 bits per heavy atom.